The van der Waals surface area contributed by atoms with Gasteiger partial charge in [0.25, 0.3) is 5.56 Å². The summed E-state index contributed by atoms with van der Waals surface area (Å²) >= 11 is 0. The number of anilines is 1. The number of hydrogen-bond donors (Lipinski definition) is 1. The number of nitrogens with one attached hydrogen (secondary N) is 1. The highest BCUT2D eigenvalue weighted by molar-refractivity contribution is 6.01. The number of rotatable bonds is 3. The number of nitrogens with zero attached hydrogens (tertiary/aromatic N) is 3. The molecule has 0 saturated heterocycles. The van der Waals surface area contributed by atoms with Crippen LogP contribution in [0.4, 0.5) is 5.69 Å². The minimum atomic E-state index is -0.494. The predicted molar refractivity (Wildman–Crippen MR) is 109 cm³/mol. The van der Waals surface area contributed by atoms with Crippen molar-refractivity contribution in [3.05, 3.63) is 81.1 Å². The van der Waals surface area contributed by atoms with Gasteiger partial charge in [-0.25, -0.2) is 9.78 Å². The van der Waals surface area contributed by atoms with Crippen molar-refractivity contribution >= 4 is 33.4 Å². The molecule has 0 saturated carbocycles. The molecule has 0 unspecified atom stereocenters. The van der Waals surface area contributed by atoms with Gasteiger partial charge in [0.2, 0.25) is 5.91 Å². The van der Waals surface area contributed by atoms with Crippen LogP contribution in [-0.2, 0) is 25.3 Å². The van der Waals surface area contributed by atoms with Crippen molar-refractivity contribution in [2.24, 2.45) is 14.1 Å². The number of carbonyl (C=O) groups excluding carboxylic acids is 1. The Morgan fingerprint density at radius 3 is 2.57 bits per heavy atom. The zero-order chi connectivity index (χ0) is 19.8. The van der Waals surface area contributed by atoms with Crippen molar-refractivity contribution in [3.8, 4) is 0 Å². The third kappa shape index (κ3) is 2.87. The molecule has 0 aliphatic carbocycles. The maximum absolute atomic E-state index is 12.7. The molecule has 1 N–H and O–H groups in total. The van der Waals surface area contributed by atoms with Crippen LogP contribution in [-0.4, -0.2) is 20.0 Å². The van der Waals surface area contributed by atoms with Crippen molar-refractivity contribution in [3.63, 3.8) is 0 Å². The van der Waals surface area contributed by atoms with Crippen molar-refractivity contribution in [1.29, 1.82) is 0 Å². The first-order valence-corrected chi connectivity index (χ1v) is 8.78. The van der Waals surface area contributed by atoms with Crippen LogP contribution in [0.2, 0.25) is 0 Å². The average Bonchev–Trinajstić information content (AvgIpc) is 2.70. The molecule has 0 fully saturated rings. The van der Waals surface area contributed by atoms with E-state index < -0.39 is 11.2 Å². The summed E-state index contributed by atoms with van der Waals surface area (Å²) in [5.74, 6) is -0.250. The minimum Gasteiger partial charge on any atom is -0.325 e. The van der Waals surface area contributed by atoms with Crippen LogP contribution in [0.1, 0.15) is 5.56 Å². The molecule has 1 amide bonds. The van der Waals surface area contributed by atoms with Crippen LogP contribution in [0.3, 0.4) is 0 Å². The van der Waals surface area contributed by atoms with Gasteiger partial charge in [0.15, 0.2) is 5.65 Å². The molecule has 0 aliphatic rings. The van der Waals surface area contributed by atoms with E-state index in [4.69, 9.17) is 0 Å². The number of hydrogen-bond acceptors (Lipinski definition) is 4. The Morgan fingerprint density at radius 2 is 1.75 bits per heavy atom. The first kappa shape index (κ1) is 17.7. The summed E-state index contributed by atoms with van der Waals surface area (Å²) < 4.78 is 2.29. The number of aromatic nitrogens is 3. The van der Waals surface area contributed by atoms with E-state index >= 15 is 0 Å². The number of aryl methyl sites for hydroxylation is 1. The van der Waals surface area contributed by atoms with Gasteiger partial charge in [-0.1, -0.05) is 42.5 Å². The highest BCUT2D eigenvalue weighted by Crippen LogP contribution is 2.20. The lowest BCUT2D eigenvalue weighted by atomic mass is 10.0. The summed E-state index contributed by atoms with van der Waals surface area (Å²) in [6.45, 7) is 0. The second kappa shape index (κ2) is 6.77. The van der Waals surface area contributed by atoms with Crippen LogP contribution in [0.15, 0.2) is 64.3 Å². The zero-order valence-electron chi connectivity index (χ0n) is 15.5. The molecule has 7 nitrogen and oxygen atoms in total. The van der Waals surface area contributed by atoms with Crippen LogP contribution >= 0.6 is 0 Å². The van der Waals surface area contributed by atoms with Crippen molar-refractivity contribution in [2.75, 3.05) is 5.32 Å². The van der Waals surface area contributed by atoms with Gasteiger partial charge in [-0.2, -0.15) is 0 Å². The molecule has 2 aromatic heterocycles. The maximum Gasteiger partial charge on any atom is 0.332 e. The Kier molecular flexibility index (Phi) is 4.27. The van der Waals surface area contributed by atoms with Crippen LogP contribution in [0, 0.1) is 0 Å². The Balaban J connectivity index is 1.73. The van der Waals surface area contributed by atoms with Gasteiger partial charge in [-0.3, -0.25) is 18.7 Å². The van der Waals surface area contributed by atoms with Gasteiger partial charge in [-0.05, 0) is 22.4 Å². The lowest BCUT2D eigenvalue weighted by molar-refractivity contribution is -0.115. The number of amides is 1. The number of carbonyl (C=O) groups is 1. The molecule has 4 rings (SSSR count). The molecule has 140 valence electrons. The van der Waals surface area contributed by atoms with Crippen LogP contribution in [0.25, 0.3) is 21.8 Å². The Morgan fingerprint density at radius 1 is 1.00 bits per heavy atom. The standard InChI is InChI=1S/C21H18N4O3/c1-24-19-18(20(27)25(2)21(24)28)16(10-11-22-19)23-17(26)12-14-8-5-7-13-6-3-4-9-15(13)14/h3-11H,12H2,1-2H3,(H,22,23,26). The smallest absolute Gasteiger partial charge is 0.325 e. The fourth-order valence-electron chi connectivity index (χ4n) is 3.40. The predicted octanol–water partition coefficient (Wildman–Crippen LogP) is 1.97. The Bertz CT molecular complexity index is 1350. The zero-order valence-corrected chi connectivity index (χ0v) is 15.5. The van der Waals surface area contributed by atoms with E-state index in [1.807, 2.05) is 42.5 Å². The summed E-state index contributed by atoms with van der Waals surface area (Å²) in [5, 5.41) is 5.09. The van der Waals surface area contributed by atoms with Crippen molar-refractivity contribution < 1.29 is 4.79 Å². The second-order valence-electron chi connectivity index (χ2n) is 6.63. The molecule has 0 radical (unpaired) electrons. The van der Waals surface area contributed by atoms with Gasteiger partial charge in [0, 0.05) is 20.3 Å². The molecule has 0 aliphatic heterocycles. The summed E-state index contributed by atoms with van der Waals surface area (Å²) in [5.41, 5.74) is 0.507. The lowest BCUT2D eigenvalue weighted by Gasteiger charge is -2.12. The number of fused-ring (bicyclic) bond motifs is 2. The molecule has 2 aromatic carbocycles. The summed E-state index contributed by atoms with van der Waals surface area (Å²) in [7, 11) is 2.94. The normalized spacial score (nSPS) is 11.1. The van der Waals surface area contributed by atoms with E-state index in [0.29, 0.717) is 5.69 Å². The van der Waals surface area contributed by atoms with Gasteiger partial charge in [-0.15, -0.1) is 0 Å². The topological polar surface area (TPSA) is 86.0 Å². The molecule has 2 heterocycles. The minimum absolute atomic E-state index is 0.164. The van der Waals surface area contributed by atoms with Gasteiger partial charge in [0.05, 0.1) is 12.1 Å². The van der Waals surface area contributed by atoms with Crippen LogP contribution in [0.5, 0.6) is 0 Å². The second-order valence-corrected chi connectivity index (χ2v) is 6.63. The number of pyridine rings is 1. The third-order valence-electron chi connectivity index (χ3n) is 4.85. The Labute approximate surface area is 159 Å². The maximum atomic E-state index is 12.7. The fraction of sp³-hybridized carbons (Fsp3) is 0.143. The van der Waals surface area contributed by atoms with E-state index in [9.17, 15) is 14.4 Å². The summed E-state index contributed by atoms with van der Waals surface area (Å²) in [6.07, 6.45) is 1.63. The monoisotopic (exact) mass is 374 g/mol. The molecule has 28 heavy (non-hydrogen) atoms. The summed E-state index contributed by atoms with van der Waals surface area (Å²) in [4.78, 5) is 41.5. The van der Waals surface area contributed by atoms with Crippen LogP contribution < -0.4 is 16.6 Å². The first-order chi connectivity index (χ1) is 13.5. The van der Waals surface area contributed by atoms with E-state index in [-0.39, 0.29) is 23.4 Å². The summed E-state index contributed by atoms with van der Waals surface area (Å²) in [6, 6.07) is 15.3. The van der Waals surface area contributed by atoms with E-state index in [1.54, 1.807) is 13.1 Å². The first-order valence-electron chi connectivity index (χ1n) is 8.78. The molecule has 0 bridgehead atoms. The van der Waals surface area contributed by atoms with Gasteiger partial charge < -0.3 is 5.32 Å². The van der Waals surface area contributed by atoms with Crippen molar-refractivity contribution in [2.45, 2.75) is 6.42 Å². The fourth-order valence-corrected chi connectivity index (χ4v) is 3.40. The molecular formula is C21H18N4O3. The SMILES string of the molecule is Cn1c(=O)c2c(NC(=O)Cc3cccc4ccccc34)ccnc2n(C)c1=O. The Hall–Kier alpha value is -3.74. The lowest BCUT2D eigenvalue weighted by Crippen LogP contribution is -2.37. The largest absolute Gasteiger partial charge is 0.332 e. The van der Waals surface area contributed by atoms with E-state index in [0.717, 1.165) is 20.9 Å². The molecule has 4 aromatic rings. The highest BCUT2D eigenvalue weighted by Gasteiger charge is 2.15. The third-order valence-corrected chi connectivity index (χ3v) is 4.85. The van der Waals surface area contributed by atoms with Gasteiger partial charge in [0.1, 0.15) is 5.39 Å². The molecule has 7 heteroatoms. The quantitative estimate of drug-likeness (QED) is 0.594. The molecule has 0 atom stereocenters. The van der Waals surface area contributed by atoms with Gasteiger partial charge >= 0.3 is 5.69 Å². The number of benzene rings is 2. The average molecular weight is 374 g/mol. The van der Waals surface area contributed by atoms with Crippen molar-refractivity contribution in [1.82, 2.24) is 14.1 Å². The molecular weight excluding hydrogens is 356 g/mol. The van der Waals surface area contributed by atoms with E-state index in [1.165, 1.54) is 17.8 Å². The highest BCUT2D eigenvalue weighted by atomic mass is 16.2. The van der Waals surface area contributed by atoms with E-state index in [2.05, 4.69) is 10.3 Å². The molecule has 0 spiro atoms.